The van der Waals surface area contributed by atoms with Crippen molar-refractivity contribution in [3.05, 3.63) is 35.9 Å². The molecule has 0 radical (unpaired) electrons. The molecule has 0 aliphatic carbocycles. The maximum Gasteiger partial charge on any atom is 0.355 e. The zero-order valence-electron chi connectivity index (χ0n) is 9.11. The molecule has 2 nitrogen and oxygen atoms in total. The SMILES string of the molecule is O=C(c1ccccc1)C(F)(F)SCCOC(F)F. The van der Waals surface area contributed by atoms with Gasteiger partial charge in [0.2, 0.25) is 5.78 Å². The van der Waals surface area contributed by atoms with Crippen molar-refractivity contribution < 1.29 is 27.1 Å². The molecule has 0 aliphatic heterocycles. The van der Waals surface area contributed by atoms with Crippen LogP contribution >= 0.6 is 11.8 Å². The molecule has 0 amide bonds. The van der Waals surface area contributed by atoms with E-state index in [1.165, 1.54) is 24.3 Å². The highest BCUT2D eigenvalue weighted by atomic mass is 32.2. The van der Waals surface area contributed by atoms with Crippen molar-refractivity contribution >= 4 is 17.5 Å². The zero-order valence-corrected chi connectivity index (χ0v) is 9.93. The number of ether oxygens (including phenoxy) is 1. The van der Waals surface area contributed by atoms with Crippen molar-refractivity contribution in [2.75, 3.05) is 12.4 Å². The van der Waals surface area contributed by atoms with E-state index in [0.29, 0.717) is 0 Å². The molecule has 7 heteroatoms. The molecule has 0 aliphatic rings. The van der Waals surface area contributed by atoms with Crippen molar-refractivity contribution in [3.63, 3.8) is 0 Å². The third-order valence-corrected chi connectivity index (χ3v) is 2.83. The molecule has 0 saturated carbocycles. The summed E-state index contributed by atoms with van der Waals surface area (Å²) < 4.78 is 53.8. The quantitative estimate of drug-likeness (QED) is 0.435. The van der Waals surface area contributed by atoms with Crippen LogP contribution in [-0.2, 0) is 4.74 Å². The second-order valence-electron chi connectivity index (χ2n) is 3.19. The molecule has 1 rings (SSSR count). The Hall–Kier alpha value is -1.08. The van der Waals surface area contributed by atoms with Crippen LogP contribution < -0.4 is 0 Å². The summed E-state index contributed by atoms with van der Waals surface area (Å²) in [7, 11) is 0. The summed E-state index contributed by atoms with van der Waals surface area (Å²) in [6.07, 6.45) is 0. The Labute approximate surface area is 105 Å². The lowest BCUT2D eigenvalue weighted by molar-refractivity contribution is -0.123. The van der Waals surface area contributed by atoms with E-state index < -0.39 is 30.0 Å². The molecule has 0 spiro atoms. The zero-order chi connectivity index (χ0) is 13.6. The van der Waals surface area contributed by atoms with Crippen LogP contribution in [0.4, 0.5) is 17.6 Å². The molecular formula is C11H10F4O2S. The molecule has 0 bridgehead atoms. The summed E-state index contributed by atoms with van der Waals surface area (Å²) in [6, 6.07) is 7.07. The van der Waals surface area contributed by atoms with Gasteiger partial charge >= 0.3 is 11.9 Å². The van der Waals surface area contributed by atoms with Crippen molar-refractivity contribution in [1.29, 1.82) is 0 Å². The summed E-state index contributed by atoms with van der Waals surface area (Å²) in [5, 5.41) is -3.65. The molecule has 0 saturated heterocycles. The number of hydrogen-bond donors (Lipinski definition) is 0. The summed E-state index contributed by atoms with van der Waals surface area (Å²) in [6.45, 7) is -3.54. The van der Waals surface area contributed by atoms with E-state index in [2.05, 4.69) is 4.74 Å². The van der Waals surface area contributed by atoms with Crippen LogP contribution in [0.2, 0.25) is 0 Å². The number of halogens is 4. The van der Waals surface area contributed by atoms with Gasteiger partial charge in [-0.1, -0.05) is 42.1 Å². The minimum Gasteiger partial charge on any atom is -0.322 e. The third kappa shape index (κ3) is 4.66. The molecule has 0 heterocycles. The molecule has 0 fully saturated rings. The Morgan fingerprint density at radius 2 is 1.89 bits per heavy atom. The molecule has 0 atom stereocenters. The topological polar surface area (TPSA) is 26.3 Å². The van der Waals surface area contributed by atoms with E-state index in [0.717, 1.165) is 0 Å². The average molecular weight is 282 g/mol. The number of carbonyl (C=O) groups is 1. The Morgan fingerprint density at radius 1 is 1.28 bits per heavy atom. The van der Waals surface area contributed by atoms with Crippen LogP contribution in [0.1, 0.15) is 10.4 Å². The maximum absolute atomic E-state index is 13.4. The average Bonchev–Trinajstić information content (AvgIpc) is 2.34. The Kier molecular flexibility index (Phi) is 5.61. The molecular weight excluding hydrogens is 272 g/mol. The van der Waals surface area contributed by atoms with E-state index in [4.69, 9.17) is 0 Å². The third-order valence-electron chi connectivity index (χ3n) is 1.91. The number of hydrogen-bond acceptors (Lipinski definition) is 3. The lowest BCUT2D eigenvalue weighted by Crippen LogP contribution is -2.26. The molecule has 18 heavy (non-hydrogen) atoms. The van der Waals surface area contributed by atoms with Gasteiger partial charge in [0.1, 0.15) is 0 Å². The van der Waals surface area contributed by atoms with Gasteiger partial charge in [0.05, 0.1) is 6.61 Å². The fourth-order valence-corrected chi connectivity index (χ4v) is 1.82. The van der Waals surface area contributed by atoms with Gasteiger partial charge in [-0.15, -0.1) is 0 Å². The number of carbonyl (C=O) groups excluding carboxylic acids is 1. The van der Waals surface area contributed by atoms with Gasteiger partial charge in [0.15, 0.2) is 0 Å². The summed E-state index contributed by atoms with van der Waals surface area (Å²) in [4.78, 5) is 11.4. The molecule has 1 aromatic rings. The molecule has 0 unspecified atom stereocenters. The number of ketones is 1. The van der Waals surface area contributed by atoms with Crippen LogP contribution in [0.15, 0.2) is 30.3 Å². The highest BCUT2D eigenvalue weighted by Crippen LogP contribution is 2.32. The number of alkyl halides is 4. The van der Waals surface area contributed by atoms with Crippen LogP contribution in [-0.4, -0.2) is 30.0 Å². The number of Topliss-reactive ketones (excluding diaryl/α,β-unsaturated/α-hetero) is 1. The van der Waals surface area contributed by atoms with Crippen molar-refractivity contribution in [3.8, 4) is 0 Å². The number of benzene rings is 1. The van der Waals surface area contributed by atoms with E-state index >= 15 is 0 Å². The largest absolute Gasteiger partial charge is 0.355 e. The monoisotopic (exact) mass is 282 g/mol. The van der Waals surface area contributed by atoms with Crippen LogP contribution in [0.3, 0.4) is 0 Å². The van der Waals surface area contributed by atoms with Crippen molar-refractivity contribution in [2.24, 2.45) is 0 Å². The lowest BCUT2D eigenvalue weighted by Gasteiger charge is -2.14. The Bertz CT molecular complexity index is 384. The van der Waals surface area contributed by atoms with E-state index in [9.17, 15) is 22.4 Å². The fraction of sp³-hybridized carbons (Fsp3) is 0.364. The van der Waals surface area contributed by atoms with Gasteiger partial charge in [-0.05, 0) is 0 Å². The van der Waals surface area contributed by atoms with E-state index in [1.54, 1.807) is 6.07 Å². The minimum atomic E-state index is -3.65. The van der Waals surface area contributed by atoms with Crippen LogP contribution in [0.5, 0.6) is 0 Å². The molecule has 0 aromatic heterocycles. The summed E-state index contributed by atoms with van der Waals surface area (Å²) in [5.74, 6) is -1.74. The van der Waals surface area contributed by atoms with Gasteiger partial charge in [-0.3, -0.25) is 4.79 Å². The smallest absolute Gasteiger partial charge is 0.322 e. The Balaban J connectivity index is 2.50. The van der Waals surface area contributed by atoms with Gasteiger partial charge < -0.3 is 4.74 Å². The molecule has 100 valence electrons. The highest BCUT2D eigenvalue weighted by molar-refractivity contribution is 8.01. The fourth-order valence-electron chi connectivity index (χ4n) is 1.13. The van der Waals surface area contributed by atoms with Gasteiger partial charge in [-0.25, -0.2) is 0 Å². The van der Waals surface area contributed by atoms with E-state index in [1.807, 2.05) is 0 Å². The normalized spacial score (nSPS) is 11.8. The first-order valence-electron chi connectivity index (χ1n) is 4.95. The first-order chi connectivity index (χ1) is 8.43. The number of thioether (sulfide) groups is 1. The Morgan fingerprint density at radius 3 is 2.44 bits per heavy atom. The number of rotatable bonds is 7. The van der Waals surface area contributed by atoms with Gasteiger partial charge in [0.25, 0.3) is 0 Å². The summed E-state index contributed by atoms with van der Waals surface area (Å²) in [5.41, 5.74) is -0.121. The van der Waals surface area contributed by atoms with Gasteiger partial charge in [-0.2, -0.15) is 17.6 Å². The standard InChI is InChI=1S/C11H10F4O2S/c12-10(13)17-6-7-18-11(14,15)9(16)8-4-2-1-3-5-8/h1-5,10H,6-7H2. The van der Waals surface area contributed by atoms with Crippen LogP contribution in [0, 0.1) is 0 Å². The first kappa shape index (κ1) is 15.0. The second-order valence-corrected chi connectivity index (χ2v) is 4.40. The first-order valence-corrected chi connectivity index (χ1v) is 5.93. The second kappa shape index (κ2) is 6.75. The van der Waals surface area contributed by atoms with E-state index in [-0.39, 0.29) is 17.3 Å². The molecule has 1 aromatic carbocycles. The lowest BCUT2D eigenvalue weighted by atomic mass is 10.1. The highest BCUT2D eigenvalue weighted by Gasteiger charge is 2.39. The van der Waals surface area contributed by atoms with Crippen LogP contribution in [0.25, 0.3) is 0 Å². The van der Waals surface area contributed by atoms with Crippen molar-refractivity contribution in [2.45, 2.75) is 11.9 Å². The molecule has 0 N–H and O–H groups in total. The maximum atomic E-state index is 13.4. The minimum absolute atomic E-state index is 0.0176. The predicted octanol–water partition coefficient (Wildman–Crippen LogP) is 3.43. The summed E-state index contributed by atoms with van der Waals surface area (Å²) >= 11 is -0.0176. The van der Waals surface area contributed by atoms with Crippen molar-refractivity contribution in [1.82, 2.24) is 0 Å². The van der Waals surface area contributed by atoms with Gasteiger partial charge in [0, 0.05) is 11.3 Å². The predicted molar refractivity (Wildman–Crippen MR) is 60.1 cm³/mol.